The highest BCUT2D eigenvalue weighted by atomic mass is 15.3. The highest BCUT2D eigenvalue weighted by molar-refractivity contribution is 5.50. The topological polar surface area (TPSA) is 89.8 Å². The summed E-state index contributed by atoms with van der Waals surface area (Å²) in [5.41, 5.74) is 0.568. The van der Waals surface area contributed by atoms with Gasteiger partial charge in [-0.05, 0) is 25.0 Å². The van der Waals surface area contributed by atoms with Crippen molar-refractivity contribution in [2.24, 2.45) is 0 Å². The van der Waals surface area contributed by atoms with Crippen molar-refractivity contribution in [2.75, 3.05) is 35.7 Å². The lowest BCUT2D eigenvalue weighted by atomic mass is 10.2. The fraction of sp³-hybridized carbons (Fsp3) is 0.375. The molecule has 1 aliphatic rings. The Hall–Kier alpha value is -2.88. The van der Waals surface area contributed by atoms with E-state index in [4.69, 9.17) is 5.26 Å². The van der Waals surface area contributed by atoms with Crippen molar-refractivity contribution in [3.8, 4) is 6.07 Å². The first-order chi connectivity index (χ1) is 11.3. The SMILES string of the molecule is CNc1cc(N2CCCC2CNc2ccc(C#N)cn2)ncn1. The molecule has 1 atom stereocenters. The molecule has 1 aliphatic heterocycles. The summed E-state index contributed by atoms with van der Waals surface area (Å²) in [7, 11) is 1.85. The average molecular weight is 309 g/mol. The van der Waals surface area contributed by atoms with E-state index in [-0.39, 0.29) is 0 Å². The lowest BCUT2D eigenvalue weighted by molar-refractivity contribution is 0.689. The molecule has 2 aromatic heterocycles. The minimum atomic E-state index is 0.368. The highest BCUT2D eigenvalue weighted by Crippen LogP contribution is 2.25. The first-order valence-electron chi connectivity index (χ1n) is 7.66. The highest BCUT2D eigenvalue weighted by Gasteiger charge is 2.25. The number of nitrogens with zero attached hydrogens (tertiary/aromatic N) is 5. The van der Waals surface area contributed by atoms with Crippen LogP contribution in [0.1, 0.15) is 18.4 Å². The first-order valence-corrected chi connectivity index (χ1v) is 7.66. The molecule has 0 bridgehead atoms. The summed E-state index contributed by atoms with van der Waals surface area (Å²) in [6.45, 7) is 1.78. The van der Waals surface area contributed by atoms with Crippen molar-refractivity contribution < 1.29 is 0 Å². The Bertz CT molecular complexity index is 692. The molecule has 1 saturated heterocycles. The Labute approximate surface area is 135 Å². The van der Waals surface area contributed by atoms with Crippen LogP contribution in [0.15, 0.2) is 30.7 Å². The van der Waals surface area contributed by atoms with Crippen LogP contribution in [0.5, 0.6) is 0 Å². The molecule has 1 fully saturated rings. The summed E-state index contributed by atoms with van der Waals surface area (Å²) >= 11 is 0. The van der Waals surface area contributed by atoms with Crippen molar-refractivity contribution in [1.29, 1.82) is 5.26 Å². The zero-order valence-electron chi connectivity index (χ0n) is 13.0. The molecule has 1 unspecified atom stereocenters. The first kappa shape index (κ1) is 15.0. The molecule has 0 spiro atoms. The van der Waals surface area contributed by atoms with Gasteiger partial charge in [0.05, 0.1) is 5.56 Å². The summed E-state index contributed by atoms with van der Waals surface area (Å²) in [5.74, 6) is 2.55. The molecular weight excluding hydrogens is 290 g/mol. The molecule has 3 rings (SSSR count). The van der Waals surface area contributed by atoms with E-state index in [1.165, 1.54) is 0 Å². The molecule has 0 amide bonds. The van der Waals surface area contributed by atoms with Gasteiger partial charge in [0.2, 0.25) is 0 Å². The second-order valence-electron chi connectivity index (χ2n) is 5.43. The van der Waals surface area contributed by atoms with Crippen molar-refractivity contribution in [1.82, 2.24) is 15.0 Å². The summed E-state index contributed by atoms with van der Waals surface area (Å²) < 4.78 is 0. The number of hydrogen-bond acceptors (Lipinski definition) is 7. The van der Waals surface area contributed by atoms with Gasteiger partial charge in [0.25, 0.3) is 0 Å². The van der Waals surface area contributed by atoms with E-state index in [1.807, 2.05) is 19.2 Å². The second-order valence-corrected chi connectivity index (χ2v) is 5.43. The molecule has 118 valence electrons. The standard InChI is InChI=1S/C16H19N7/c1-18-15-7-16(22-11-21-15)23-6-2-3-13(23)10-20-14-5-4-12(8-17)9-19-14/h4-5,7,9,11,13H,2-3,6,10H2,1H3,(H,19,20)(H,18,21,22). The van der Waals surface area contributed by atoms with Crippen LogP contribution in [0, 0.1) is 11.3 Å². The number of rotatable bonds is 5. The third kappa shape index (κ3) is 3.48. The van der Waals surface area contributed by atoms with Crippen LogP contribution in [0.2, 0.25) is 0 Å². The van der Waals surface area contributed by atoms with Gasteiger partial charge >= 0.3 is 0 Å². The Morgan fingerprint density at radius 1 is 1.30 bits per heavy atom. The van der Waals surface area contributed by atoms with Gasteiger partial charge < -0.3 is 15.5 Å². The number of pyridine rings is 1. The fourth-order valence-corrected chi connectivity index (χ4v) is 2.78. The largest absolute Gasteiger partial charge is 0.373 e. The molecule has 7 heteroatoms. The number of nitrogens with one attached hydrogen (secondary N) is 2. The number of hydrogen-bond donors (Lipinski definition) is 2. The van der Waals surface area contributed by atoms with Gasteiger partial charge in [-0.15, -0.1) is 0 Å². The quantitative estimate of drug-likeness (QED) is 0.871. The lowest BCUT2D eigenvalue weighted by Crippen LogP contribution is -2.35. The summed E-state index contributed by atoms with van der Waals surface area (Å²) in [4.78, 5) is 15.1. The molecule has 0 aliphatic carbocycles. The molecular formula is C16H19N7. The Balaban J connectivity index is 1.65. The van der Waals surface area contributed by atoms with Crippen LogP contribution < -0.4 is 15.5 Å². The zero-order chi connectivity index (χ0) is 16.1. The molecule has 7 nitrogen and oxygen atoms in total. The second kappa shape index (κ2) is 6.92. The van der Waals surface area contributed by atoms with Crippen molar-refractivity contribution in [3.05, 3.63) is 36.3 Å². The Morgan fingerprint density at radius 2 is 2.22 bits per heavy atom. The van der Waals surface area contributed by atoms with E-state index in [0.29, 0.717) is 11.6 Å². The van der Waals surface area contributed by atoms with Crippen molar-refractivity contribution >= 4 is 17.5 Å². The maximum atomic E-state index is 8.80. The van der Waals surface area contributed by atoms with Crippen LogP contribution in [-0.4, -0.2) is 41.1 Å². The molecule has 2 aromatic rings. The third-order valence-electron chi connectivity index (χ3n) is 3.99. The minimum Gasteiger partial charge on any atom is -0.373 e. The number of aromatic nitrogens is 3. The lowest BCUT2D eigenvalue weighted by Gasteiger charge is -2.26. The van der Waals surface area contributed by atoms with E-state index in [0.717, 1.165) is 43.4 Å². The predicted octanol–water partition coefficient (Wildman–Crippen LogP) is 1.87. The van der Waals surface area contributed by atoms with E-state index in [2.05, 4.69) is 36.6 Å². The van der Waals surface area contributed by atoms with Crippen LogP contribution in [0.4, 0.5) is 17.5 Å². The molecule has 0 saturated carbocycles. The van der Waals surface area contributed by atoms with Gasteiger partial charge in [0.1, 0.15) is 29.9 Å². The third-order valence-corrected chi connectivity index (χ3v) is 3.99. The van der Waals surface area contributed by atoms with Crippen LogP contribution in [-0.2, 0) is 0 Å². The molecule has 2 N–H and O–H groups in total. The maximum Gasteiger partial charge on any atom is 0.134 e. The number of anilines is 3. The van der Waals surface area contributed by atoms with Gasteiger partial charge in [-0.3, -0.25) is 0 Å². The van der Waals surface area contributed by atoms with Crippen molar-refractivity contribution in [3.63, 3.8) is 0 Å². The minimum absolute atomic E-state index is 0.368. The normalized spacial score (nSPS) is 16.9. The van der Waals surface area contributed by atoms with Gasteiger partial charge in [-0.25, -0.2) is 15.0 Å². The summed E-state index contributed by atoms with van der Waals surface area (Å²) in [6.07, 6.45) is 5.43. The van der Waals surface area contributed by atoms with Crippen LogP contribution in [0.3, 0.4) is 0 Å². The van der Waals surface area contributed by atoms with Crippen LogP contribution in [0.25, 0.3) is 0 Å². The van der Waals surface area contributed by atoms with E-state index < -0.39 is 0 Å². The van der Waals surface area contributed by atoms with Gasteiger partial charge in [-0.1, -0.05) is 0 Å². The van der Waals surface area contributed by atoms with E-state index in [1.54, 1.807) is 18.6 Å². The summed E-state index contributed by atoms with van der Waals surface area (Å²) in [5, 5.41) is 15.2. The Morgan fingerprint density at radius 3 is 2.96 bits per heavy atom. The molecule has 23 heavy (non-hydrogen) atoms. The van der Waals surface area contributed by atoms with E-state index in [9.17, 15) is 0 Å². The molecule has 3 heterocycles. The monoisotopic (exact) mass is 309 g/mol. The predicted molar refractivity (Wildman–Crippen MR) is 89.4 cm³/mol. The van der Waals surface area contributed by atoms with Crippen molar-refractivity contribution in [2.45, 2.75) is 18.9 Å². The van der Waals surface area contributed by atoms with E-state index >= 15 is 0 Å². The zero-order valence-corrected chi connectivity index (χ0v) is 13.0. The molecule has 0 radical (unpaired) electrons. The van der Waals surface area contributed by atoms with Crippen LogP contribution >= 0.6 is 0 Å². The number of nitriles is 1. The molecule has 0 aromatic carbocycles. The van der Waals surface area contributed by atoms with Gasteiger partial charge in [0.15, 0.2) is 0 Å². The maximum absolute atomic E-state index is 8.80. The fourth-order valence-electron chi connectivity index (χ4n) is 2.78. The van der Waals surface area contributed by atoms with Gasteiger partial charge in [-0.2, -0.15) is 5.26 Å². The van der Waals surface area contributed by atoms with Gasteiger partial charge in [0, 0.05) is 38.4 Å². The summed E-state index contributed by atoms with van der Waals surface area (Å²) in [6, 6.07) is 8.01. The Kier molecular flexibility index (Phi) is 4.52. The average Bonchev–Trinajstić information content (AvgIpc) is 3.09. The smallest absolute Gasteiger partial charge is 0.134 e.